The summed E-state index contributed by atoms with van der Waals surface area (Å²) in [4.78, 5) is 10.2. The van der Waals surface area contributed by atoms with Crippen LogP contribution >= 0.6 is 0 Å². The molecule has 0 aliphatic carbocycles. The van der Waals surface area contributed by atoms with Gasteiger partial charge in [0.2, 0.25) is 0 Å². The molecular weight excluding hydrogens is 359 g/mol. The molecule has 0 amide bonds. The van der Waals surface area contributed by atoms with E-state index in [4.69, 9.17) is 4.74 Å². The molecule has 0 aromatic heterocycles. The molecule has 3 aromatic carbocycles. The van der Waals surface area contributed by atoms with Gasteiger partial charge in [-0.05, 0) is 47.5 Å². The Hall–Kier alpha value is -3.98. The largest absolute Gasteiger partial charge is 0.489 e. The molecule has 138 valence electrons. The first kappa shape index (κ1) is 18.8. The van der Waals surface area contributed by atoms with Gasteiger partial charge in [0.25, 0.3) is 5.69 Å². The van der Waals surface area contributed by atoms with Crippen LogP contribution in [-0.2, 0) is 6.61 Å². The van der Waals surface area contributed by atoms with Gasteiger partial charge in [-0.1, -0.05) is 30.3 Å². The van der Waals surface area contributed by atoms with E-state index in [-0.39, 0.29) is 18.1 Å². The van der Waals surface area contributed by atoms with Crippen LogP contribution in [0.1, 0.15) is 16.7 Å². The lowest BCUT2D eigenvalue weighted by Crippen LogP contribution is -1.98. The SMILES string of the molecule is N#CC(=Cc1ccc(OCc2ccccc2F)cc1)c1ccc([N+](=O)[O-])cc1. The minimum absolute atomic E-state index is 0.0302. The molecule has 0 aliphatic rings. The highest BCUT2D eigenvalue weighted by atomic mass is 19.1. The molecule has 0 saturated carbocycles. The van der Waals surface area contributed by atoms with E-state index in [2.05, 4.69) is 6.07 Å². The number of hydrogen-bond acceptors (Lipinski definition) is 4. The second-order valence-corrected chi connectivity index (χ2v) is 5.92. The van der Waals surface area contributed by atoms with E-state index < -0.39 is 4.92 Å². The van der Waals surface area contributed by atoms with Crippen LogP contribution in [-0.4, -0.2) is 4.92 Å². The van der Waals surface area contributed by atoms with Gasteiger partial charge in [-0.15, -0.1) is 0 Å². The maximum atomic E-state index is 13.6. The number of nitrogens with zero attached hydrogens (tertiary/aromatic N) is 2. The summed E-state index contributed by atoms with van der Waals surface area (Å²) in [6.07, 6.45) is 1.68. The Morgan fingerprint density at radius 3 is 2.36 bits per heavy atom. The zero-order chi connectivity index (χ0) is 19.9. The van der Waals surface area contributed by atoms with Gasteiger partial charge in [-0.3, -0.25) is 10.1 Å². The van der Waals surface area contributed by atoms with Gasteiger partial charge in [0, 0.05) is 17.7 Å². The molecule has 0 saturated heterocycles. The van der Waals surface area contributed by atoms with Crippen LogP contribution in [0.15, 0.2) is 72.8 Å². The number of hydrogen-bond donors (Lipinski definition) is 0. The molecule has 0 N–H and O–H groups in total. The molecule has 0 aliphatic heterocycles. The van der Waals surface area contributed by atoms with Gasteiger partial charge in [0.1, 0.15) is 18.2 Å². The molecule has 0 fully saturated rings. The van der Waals surface area contributed by atoms with Gasteiger partial charge in [0.05, 0.1) is 16.6 Å². The van der Waals surface area contributed by atoms with Crippen LogP contribution in [0.3, 0.4) is 0 Å². The van der Waals surface area contributed by atoms with Crippen molar-refractivity contribution in [2.45, 2.75) is 6.61 Å². The van der Waals surface area contributed by atoms with Crippen molar-refractivity contribution in [3.8, 4) is 11.8 Å². The van der Waals surface area contributed by atoms with E-state index in [1.165, 1.54) is 18.2 Å². The van der Waals surface area contributed by atoms with Crippen molar-refractivity contribution in [3.63, 3.8) is 0 Å². The highest BCUT2D eigenvalue weighted by molar-refractivity contribution is 5.89. The minimum Gasteiger partial charge on any atom is -0.489 e. The Bertz CT molecular complexity index is 1050. The van der Waals surface area contributed by atoms with Crippen LogP contribution in [0.25, 0.3) is 11.6 Å². The predicted molar refractivity (Wildman–Crippen MR) is 104 cm³/mol. The molecule has 28 heavy (non-hydrogen) atoms. The van der Waals surface area contributed by atoms with Gasteiger partial charge in [-0.2, -0.15) is 5.26 Å². The number of nitro groups is 1. The topological polar surface area (TPSA) is 76.2 Å². The zero-order valence-electron chi connectivity index (χ0n) is 14.7. The number of nitriles is 1. The first-order valence-electron chi connectivity index (χ1n) is 8.40. The number of nitro benzene ring substituents is 1. The van der Waals surface area contributed by atoms with Gasteiger partial charge < -0.3 is 4.74 Å². The Labute approximate surface area is 161 Å². The third kappa shape index (κ3) is 4.59. The van der Waals surface area contributed by atoms with Crippen LogP contribution in [0, 0.1) is 27.3 Å². The van der Waals surface area contributed by atoms with E-state index in [1.807, 2.05) is 0 Å². The summed E-state index contributed by atoms with van der Waals surface area (Å²) in [5, 5.41) is 20.1. The van der Waals surface area contributed by atoms with Gasteiger partial charge >= 0.3 is 0 Å². The maximum Gasteiger partial charge on any atom is 0.269 e. The van der Waals surface area contributed by atoms with E-state index in [0.717, 1.165) is 5.56 Å². The average Bonchev–Trinajstić information content (AvgIpc) is 2.72. The third-order valence-electron chi connectivity index (χ3n) is 4.05. The molecule has 0 unspecified atom stereocenters. The number of non-ortho nitro benzene ring substituents is 1. The lowest BCUT2D eigenvalue weighted by Gasteiger charge is -2.07. The Kier molecular flexibility index (Phi) is 5.78. The Balaban J connectivity index is 1.72. The van der Waals surface area contributed by atoms with Crippen molar-refractivity contribution in [1.82, 2.24) is 0 Å². The third-order valence-corrected chi connectivity index (χ3v) is 4.05. The minimum atomic E-state index is -0.487. The summed E-state index contributed by atoms with van der Waals surface area (Å²) in [5.41, 5.74) is 2.19. The quantitative estimate of drug-likeness (QED) is 0.251. The second-order valence-electron chi connectivity index (χ2n) is 5.92. The summed E-state index contributed by atoms with van der Waals surface area (Å²) < 4.78 is 19.2. The van der Waals surface area contributed by atoms with Crippen LogP contribution in [0.2, 0.25) is 0 Å². The number of rotatable bonds is 6. The molecule has 0 bridgehead atoms. The van der Waals surface area contributed by atoms with Gasteiger partial charge in [0.15, 0.2) is 0 Å². The molecule has 6 heteroatoms. The number of benzene rings is 3. The van der Waals surface area contributed by atoms with Crippen LogP contribution < -0.4 is 4.74 Å². The maximum absolute atomic E-state index is 13.6. The van der Waals surface area contributed by atoms with E-state index in [9.17, 15) is 19.8 Å². The highest BCUT2D eigenvalue weighted by Crippen LogP contribution is 2.22. The molecule has 0 spiro atoms. The van der Waals surface area contributed by atoms with Crippen molar-refractivity contribution in [1.29, 1.82) is 5.26 Å². The van der Waals surface area contributed by atoms with Gasteiger partial charge in [-0.25, -0.2) is 4.39 Å². The predicted octanol–water partition coefficient (Wildman–Crippen LogP) is 5.38. The fraction of sp³-hybridized carbons (Fsp3) is 0.0455. The Morgan fingerprint density at radius 1 is 1.07 bits per heavy atom. The van der Waals surface area contributed by atoms with E-state index in [1.54, 1.807) is 60.7 Å². The first-order valence-corrected chi connectivity index (χ1v) is 8.40. The van der Waals surface area contributed by atoms with E-state index >= 15 is 0 Å². The Morgan fingerprint density at radius 2 is 1.75 bits per heavy atom. The fourth-order valence-electron chi connectivity index (χ4n) is 2.55. The first-order chi connectivity index (χ1) is 13.6. The smallest absolute Gasteiger partial charge is 0.269 e. The molecule has 0 atom stereocenters. The van der Waals surface area contributed by atoms with Crippen molar-refractivity contribution < 1.29 is 14.1 Å². The lowest BCUT2D eigenvalue weighted by atomic mass is 10.0. The number of ether oxygens (including phenoxy) is 1. The van der Waals surface area contributed by atoms with E-state index in [0.29, 0.717) is 22.4 Å². The highest BCUT2D eigenvalue weighted by Gasteiger charge is 2.07. The summed E-state index contributed by atoms with van der Waals surface area (Å²) in [5.74, 6) is 0.262. The van der Waals surface area contributed by atoms with Crippen molar-refractivity contribution in [2.24, 2.45) is 0 Å². The monoisotopic (exact) mass is 374 g/mol. The summed E-state index contributed by atoms with van der Waals surface area (Å²) in [7, 11) is 0. The van der Waals surface area contributed by atoms with Crippen molar-refractivity contribution in [2.75, 3.05) is 0 Å². The molecular formula is C22H15FN2O3. The second kappa shape index (κ2) is 8.60. The standard InChI is InChI=1S/C22H15FN2O3/c23-22-4-2-1-3-18(22)15-28-21-11-5-16(6-12-21)13-19(14-24)17-7-9-20(10-8-17)25(26)27/h1-13H,15H2. The molecule has 3 rings (SSSR count). The summed E-state index contributed by atoms with van der Waals surface area (Å²) >= 11 is 0. The summed E-state index contributed by atoms with van der Waals surface area (Å²) in [6.45, 7) is 0.119. The molecule has 3 aromatic rings. The lowest BCUT2D eigenvalue weighted by molar-refractivity contribution is -0.384. The average molecular weight is 374 g/mol. The summed E-state index contributed by atoms with van der Waals surface area (Å²) in [6, 6.07) is 21.3. The van der Waals surface area contributed by atoms with Crippen molar-refractivity contribution in [3.05, 3.63) is 105 Å². The van der Waals surface area contributed by atoms with Crippen LogP contribution in [0.5, 0.6) is 5.75 Å². The normalized spacial score (nSPS) is 10.9. The molecule has 0 heterocycles. The molecule has 5 nitrogen and oxygen atoms in total. The number of allylic oxidation sites excluding steroid dienone is 1. The van der Waals surface area contributed by atoms with Crippen LogP contribution in [0.4, 0.5) is 10.1 Å². The zero-order valence-corrected chi connectivity index (χ0v) is 14.7. The van der Waals surface area contributed by atoms with Crippen molar-refractivity contribution >= 4 is 17.3 Å². The fourth-order valence-corrected chi connectivity index (χ4v) is 2.55. The number of halogens is 1. The molecule has 0 radical (unpaired) electrons.